The van der Waals surface area contributed by atoms with Gasteiger partial charge in [0.05, 0.1) is 13.2 Å². The highest BCUT2D eigenvalue weighted by Gasteiger charge is 2.30. The average Bonchev–Trinajstić information content (AvgIpc) is 2.35. The lowest BCUT2D eigenvalue weighted by molar-refractivity contribution is -0.141. The van der Waals surface area contributed by atoms with Gasteiger partial charge in [-0.3, -0.25) is 9.35 Å². The Balaban J connectivity index is 3.27. The van der Waals surface area contributed by atoms with Crippen LogP contribution in [-0.4, -0.2) is 42.4 Å². The second kappa shape index (κ2) is 6.39. The summed E-state index contributed by atoms with van der Waals surface area (Å²) >= 11 is 0. The van der Waals surface area contributed by atoms with Gasteiger partial charge in [0.25, 0.3) is 0 Å². The number of ether oxygens (including phenoxy) is 1. The highest BCUT2D eigenvalue weighted by molar-refractivity contribution is 7.85. The third kappa shape index (κ3) is 3.69. The summed E-state index contributed by atoms with van der Waals surface area (Å²) in [5.74, 6) is -10.4. The molecule has 0 heterocycles. The van der Waals surface area contributed by atoms with E-state index in [9.17, 15) is 26.4 Å². The minimum Gasteiger partial charge on any atom is -0.423 e. The minimum atomic E-state index is -5.37. The molecule has 1 aromatic rings. The van der Waals surface area contributed by atoms with Crippen LogP contribution < -0.4 is 4.74 Å². The number of hydrogen-bond acceptors (Lipinski definition) is 6. The topological polar surface area (TPSA) is 121 Å². The molecule has 118 valence electrons. The summed E-state index contributed by atoms with van der Waals surface area (Å²) in [4.78, 5) is 9.38. The van der Waals surface area contributed by atoms with Crippen molar-refractivity contribution in [1.29, 1.82) is 0 Å². The molecule has 0 unspecified atom stereocenters. The van der Waals surface area contributed by atoms with E-state index in [0.717, 1.165) is 0 Å². The first-order chi connectivity index (χ1) is 9.63. The quantitative estimate of drug-likeness (QED) is 0.297. The molecule has 11 heteroatoms. The largest absolute Gasteiger partial charge is 0.423 e. The molecular formula is C10H9F3O7S. The zero-order valence-corrected chi connectivity index (χ0v) is 10.9. The third-order valence-electron chi connectivity index (χ3n) is 2.33. The highest BCUT2D eigenvalue weighted by Crippen LogP contribution is 2.29. The van der Waals surface area contributed by atoms with Gasteiger partial charge in [-0.15, -0.1) is 0 Å². The number of halogens is 3. The molecule has 1 rings (SSSR count). The summed E-state index contributed by atoms with van der Waals surface area (Å²) in [6, 6.07) is 0.0330. The molecule has 0 radical (unpaired) electrons. The van der Waals surface area contributed by atoms with Crippen molar-refractivity contribution in [1.82, 2.24) is 0 Å². The Morgan fingerprint density at radius 3 is 2.14 bits per heavy atom. The van der Waals surface area contributed by atoms with E-state index in [1.54, 1.807) is 0 Å². The Morgan fingerprint density at radius 2 is 1.71 bits per heavy atom. The maximum atomic E-state index is 13.5. The molecule has 0 aliphatic rings. The van der Waals surface area contributed by atoms with Crippen LogP contribution >= 0.6 is 0 Å². The SMILES string of the molecule is O=C(Oc1cc(F)c(S(=O)(=O)O)c(F)c1F)C(CO)CO. The zero-order chi connectivity index (χ0) is 16.4. The number of carbonyl (C=O) groups excluding carboxylic acids is 1. The van der Waals surface area contributed by atoms with Gasteiger partial charge in [0.15, 0.2) is 22.3 Å². The van der Waals surface area contributed by atoms with Crippen molar-refractivity contribution in [3.8, 4) is 5.75 Å². The number of benzene rings is 1. The lowest BCUT2D eigenvalue weighted by atomic mass is 10.2. The van der Waals surface area contributed by atoms with Crippen LogP contribution in [-0.2, 0) is 14.9 Å². The van der Waals surface area contributed by atoms with Gasteiger partial charge in [-0.05, 0) is 0 Å². The summed E-state index contributed by atoms with van der Waals surface area (Å²) in [6.07, 6.45) is 0. The fourth-order valence-electron chi connectivity index (χ4n) is 1.27. The second-order valence-electron chi connectivity index (χ2n) is 3.77. The Morgan fingerprint density at radius 1 is 1.19 bits per heavy atom. The maximum Gasteiger partial charge on any atom is 0.319 e. The molecule has 3 N–H and O–H groups in total. The Kier molecular flexibility index (Phi) is 5.28. The van der Waals surface area contributed by atoms with Crippen LogP contribution in [0.4, 0.5) is 13.2 Å². The molecule has 0 bridgehead atoms. The molecule has 0 saturated carbocycles. The van der Waals surface area contributed by atoms with Gasteiger partial charge in [-0.2, -0.15) is 12.8 Å². The van der Waals surface area contributed by atoms with Gasteiger partial charge in [-0.1, -0.05) is 0 Å². The Bertz CT molecular complexity index is 655. The van der Waals surface area contributed by atoms with Crippen molar-refractivity contribution >= 4 is 16.1 Å². The standard InChI is InChI=1S/C10H9F3O7S/c11-5-1-6(20-10(16)4(2-14)3-15)7(12)8(13)9(5)21(17,18)19/h1,4,14-15H,2-3H2,(H,17,18,19). The zero-order valence-electron chi connectivity index (χ0n) is 10.1. The number of aliphatic hydroxyl groups excluding tert-OH is 2. The summed E-state index contributed by atoms with van der Waals surface area (Å²) in [6.45, 7) is -1.74. The third-order valence-corrected chi connectivity index (χ3v) is 3.22. The van der Waals surface area contributed by atoms with Crippen LogP contribution in [0, 0.1) is 23.4 Å². The molecule has 7 nitrogen and oxygen atoms in total. The molecule has 0 spiro atoms. The highest BCUT2D eigenvalue weighted by atomic mass is 32.2. The molecule has 1 aromatic carbocycles. The first-order valence-electron chi connectivity index (χ1n) is 5.21. The predicted molar refractivity (Wildman–Crippen MR) is 59.4 cm³/mol. The van der Waals surface area contributed by atoms with Gasteiger partial charge >= 0.3 is 16.1 Å². The number of esters is 1. The van der Waals surface area contributed by atoms with E-state index in [4.69, 9.17) is 14.8 Å². The summed E-state index contributed by atoms with van der Waals surface area (Å²) in [5, 5.41) is 17.4. The average molecular weight is 330 g/mol. The fraction of sp³-hybridized carbons (Fsp3) is 0.300. The van der Waals surface area contributed by atoms with E-state index in [1.807, 2.05) is 0 Å². The number of carbonyl (C=O) groups is 1. The van der Waals surface area contributed by atoms with E-state index >= 15 is 0 Å². The van der Waals surface area contributed by atoms with Crippen LogP contribution in [0.2, 0.25) is 0 Å². The van der Waals surface area contributed by atoms with E-state index < -0.39 is 63.3 Å². The van der Waals surface area contributed by atoms with Crippen LogP contribution in [0.25, 0.3) is 0 Å². The molecule has 0 atom stereocenters. The molecule has 0 fully saturated rings. The first kappa shape index (κ1) is 17.4. The van der Waals surface area contributed by atoms with E-state index in [2.05, 4.69) is 4.74 Å². The number of rotatable bonds is 5. The first-order valence-corrected chi connectivity index (χ1v) is 6.65. The molecular weight excluding hydrogens is 321 g/mol. The predicted octanol–water partition coefficient (Wildman–Crippen LogP) is -0.143. The van der Waals surface area contributed by atoms with Gasteiger partial charge < -0.3 is 14.9 Å². The molecule has 0 amide bonds. The van der Waals surface area contributed by atoms with Crippen LogP contribution in [0.3, 0.4) is 0 Å². The fourth-order valence-corrected chi connectivity index (χ4v) is 1.89. The smallest absolute Gasteiger partial charge is 0.319 e. The van der Waals surface area contributed by atoms with Crippen molar-refractivity contribution in [2.24, 2.45) is 5.92 Å². The maximum absolute atomic E-state index is 13.5. The van der Waals surface area contributed by atoms with Gasteiger partial charge in [-0.25, -0.2) is 8.78 Å². The van der Waals surface area contributed by atoms with E-state index in [-0.39, 0.29) is 6.07 Å². The monoisotopic (exact) mass is 330 g/mol. The molecule has 0 aliphatic carbocycles. The Labute approximate surface area is 116 Å². The second-order valence-corrected chi connectivity index (χ2v) is 5.13. The van der Waals surface area contributed by atoms with Gasteiger partial charge in [0.2, 0.25) is 5.82 Å². The van der Waals surface area contributed by atoms with Crippen molar-refractivity contribution in [2.75, 3.05) is 13.2 Å². The summed E-state index contributed by atoms with van der Waals surface area (Å²) in [7, 11) is -5.37. The lowest BCUT2D eigenvalue weighted by Crippen LogP contribution is -2.27. The van der Waals surface area contributed by atoms with Gasteiger partial charge in [0.1, 0.15) is 5.92 Å². The molecule has 0 aromatic heterocycles. The van der Waals surface area contributed by atoms with E-state index in [0.29, 0.717) is 0 Å². The van der Waals surface area contributed by atoms with Crippen molar-refractivity contribution in [3.63, 3.8) is 0 Å². The van der Waals surface area contributed by atoms with Crippen molar-refractivity contribution in [3.05, 3.63) is 23.5 Å². The van der Waals surface area contributed by atoms with Gasteiger partial charge in [0, 0.05) is 6.07 Å². The van der Waals surface area contributed by atoms with E-state index in [1.165, 1.54) is 0 Å². The number of aliphatic hydroxyl groups is 2. The normalized spacial score (nSPS) is 11.8. The number of hydrogen-bond donors (Lipinski definition) is 3. The minimum absolute atomic E-state index is 0.0330. The van der Waals surface area contributed by atoms with Crippen LogP contribution in [0.1, 0.15) is 0 Å². The lowest BCUT2D eigenvalue weighted by Gasteiger charge is -2.12. The van der Waals surface area contributed by atoms with Crippen LogP contribution in [0.5, 0.6) is 5.75 Å². The molecule has 21 heavy (non-hydrogen) atoms. The molecule has 0 saturated heterocycles. The van der Waals surface area contributed by atoms with Crippen molar-refractivity contribution < 1.29 is 45.9 Å². The van der Waals surface area contributed by atoms with Crippen molar-refractivity contribution in [2.45, 2.75) is 4.90 Å². The van der Waals surface area contributed by atoms with Crippen LogP contribution in [0.15, 0.2) is 11.0 Å². The summed E-state index contributed by atoms with van der Waals surface area (Å²) < 4.78 is 74.4. The Hall–Kier alpha value is -1.69. The molecule has 0 aliphatic heterocycles. The summed E-state index contributed by atoms with van der Waals surface area (Å²) in [5.41, 5.74) is 0.